The molecule has 0 unspecified atom stereocenters. The van der Waals surface area contributed by atoms with E-state index < -0.39 is 11.5 Å². The second-order valence-corrected chi connectivity index (χ2v) is 13.5. The van der Waals surface area contributed by atoms with E-state index in [9.17, 15) is 15.3 Å². The predicted molar refractivity (Wildman–Crippen MR) is 224 cm³/mol. The number of phenolic OH excluding ortho intramolecular Hbond substituents is 3. The topological polar surface area (TPSA) is 73.8 Å². The van der Waals surface area contributed by atoms with Gasteiger partial charge in [-0.15, -0.1) is 0 Å². The fourth-order valence-electron chi connectivity index (χ4n) is 8.01. The zero-order valence-electron chi connectivity index (χ0n) is 29.5. The smallest absolute Gasteiger partial charge is 0.169 e. The van der Waals surface area contributed by atoms with Crippen LogP contribution in [0.5, 0.6) is 17.2 Å². The molecule has 0 bridgehead atoms. The van der Waals surface area contributed by atoms with Crippen LogP contribution in [0.2, 0.25) is 0 Å². The van der Waals surface area contributed by atoms with Crippen molar-refractivity contribution in [3.05, 3.63) is 163 Å². The number of rotatable bonds is 6. The Morgan fingerprint density at radius 3 is 1.81 bits per heavy atom. The van der Waals surface area contributed by atoms with Gasteiger partial charge in [-0.1, -0.05) is 146 Å². The van der Waals surface area contributed by atoms with Crippen LogP contribution in [-0.4, -0.2) is 23.2 Å². The monoisotopic (exact) mass is 696 g/mol. The lowest BCUT2D eigenvalue weighted by atomic mass is 9.77. The Balaban J connectivity index is 1.43. The van der Waals surface area contributed by atoms with E-state index in [1.807, 2.05) is 72.8 Å². The molecule has 0 aliphatic carbocycles. The summed E-state index contributed by atoms with van der Waals surface area (Å²) >= 11 is 0. The van der Waals surface area contributed by atoms with Crippen LogP contribution in [-0.2, 0) is 0 Å². The van der Waals surface area contributed by atoms with Crippen molar-refractivity contribution >= 4 is 51.9 Å². The van der Waals surface area contributed by atoms with Gasteiger partial charge in [0, 0.05) is 27.6 Å². The molecule has 0 amide bonds. The van der Waals surface area contributed by atoms with Gasteiger partial charge in [0.15, 0.2) is 11.5 Å². The summed E-state index contributed by atoms with van der Waals surface area (Å²) in [6.07, 6.45) is 1.86. The summed E-state index contributed by atoms with van der Waals surface area (Å²) in [6, 6.07) is 47.5. The minimum atomic E-state index is -0.453. The lowest BCUT2D eigenvalue weighted by Gasteiger charge is -2.23. The van der Waals surface area contributed by atoms with E-state index in [0.717, 1.165) is 77.2 Å². The maximum atomic E-state index is 12.0. The highest BCUT2D eigenvalue weighted by atomic mass is 16.3. The second kappa shape index (κ2) is 12.9. The third-order valence-electron chi connectivity index (χ3n) is 10.5. The van der Waals surface area contributed by atoms with Crippen LogP contribution in [0, 0.1) is 6.92 Å². The van der Waals surface area contributed by atoms with Gasteiger partial charge in [0.1, 0.15) is 24.9 Å². The van der Waals surface area contributed by atoms with Crippen LogP contribution in [0.4, 0.5) is 0 Å². The number of benzene rings is 8. The van der Waals surface area contributed by atoms with Crippen LogP contribution < -0.4 is 5.46 Å². The van der Waals surface area contributed by atoms with Crippen molar-refractivity contribution in [3.8, 4) is 73.1 Å². The zero-order chi connectivity index (χ0) is 37.1. The van der Waals surface area contributed by atoms with E-state index in [-0.39, 0.29) is 22.3 Å². The Morgan fingerprint density at radius 1 is 0.519 bits per heavy atom. The highest BCUT2D eigenvalue weighted by molar-refractivity contribution is 6.41. The van der Waals surface area contributed by atoms with Crippen LogP contribution in [0.25, 0.3) is 94.4 Å². The first-order chi connectivity index (χ1) is 26.4. The SMILES string of the molecule is [B]c1c(O)c(-c2ccccc2)c(O)c(O)c1-c1c2ccccc2c(-c2cccc3oc(-c4ccccc4C)c(C=C)c23)c2ccc(-c3ccccc3)cc12. The Kier molecular flexibility index (Phi) is 7.86. The van der Waals surface area contributed by atoms with Gasteiger partial charge in [-0.3, -0.25) is 0 Å². The normalized spacial score (nSPS) is 11.4. The molecule has 54 heavy (non-hydrogen) atoms. The molecule has 0 fully saturated rings. The molecule has 0 aliphatic heterocycles. The van der Waals surface area contributed by atoms with Gasteiger partial charge in [0.25, 0.3) is 0 Å². The highest BCUT2D eigenvalue weighted by Gasteiger charge is 2.28. The van der Waals surface area contributed by atoms with Crippen molar-refractivity contribution in [2.75, 3.05) is 0 Å². The van der Waals surface area contributed by atoms with Crippen molar-refractivity contribution < 1.29 is 19.7 Å². The minimum Gasteiger partial charge on any atom is -0.508 e. The summed E-state index contributed by atoms with van der Waals surface area (Å²) in [4.78, 5) is 0. The van der Waals surface area contributed by atoms with Gasteiger partial charge >= 0.3 is 0 Å². The molecule has 256 valence electrons. The average Bonchev–Trinajstić information content (AvgIpc) is 3.60. The number of hydrogen-bond acceptors (Lipinski definition) is 4. The van der Waals surface area contributed by atoms with E-state index in [0.29, 0.717) is 11.1 Å². The molecule has 4 nitrogen and oxygen atoms in total. The number of hydrogen-bond donors (Lipinski definition) is 3. The lowest BCUT2D eigenvalue weighted by Crippen LogP contribution is -2.10. The van der Waals surface area contributed by atoms with Crippen molar-refractivity contribution in [2.45, 2.75) is 6.92 Å². The van der Waals surface area contributed by atoms with Gasteiger partial charge in [-0.25, -0.2) is 0 Å². The number of aromatic hydroxyl groups is 3. The van der Waals surface area contributed by atoms with E-state index in [4.69, 9.17) is 12.3 Å². The number of aryl methyl sites for hydroxylation is 1. The predicted octanol–water partition coefficient (Wildman–Crippen LogP) is 11.9. The minimum absolute atomic E-state index is 0.0396. The number of phenols is 3. The van der Waals surface area contributed by atoms with Gasteiger partial charge in [-0.05, 0) is 79.4 Å². The first-order valence-corrected chi connectivity index (χ1v) is 17.8. The van der Waals surface area contributed by atoms with E-state index >= 15 is 0 Å². The molecule has 0 spiro atoms. The third-order valence-corrected chi connectivity index (χ3v) is 10.5. The third kappa shape index (κ3) is 5.01. The molecule has 0 saturated heterocycles. The summed E-state index contributed by atoms with van der Waals surface area (Å²) < 4.78 is 6.64. The van der Waals surface area contributed by atoms with Crippen molar-refractivity contribution in [1.82, 2.24) is 0 Å². The molecule has 5 heteroatoms. The first kappa shape index (κ1) is 32.9. The van der Waals surface area contributed by atoms with Gasteiger partial charge in [0.2, 0.25) is 0 Å². The van der Waals surface area contributed by atoms with E-state index in [1.54, 1.807) is 24.3 Å². The summed E-state index contributed by atoms with van der Waals surface area (Å²) in [5, 5.41) is 39.5. The molecule has 1 heterocycles. The van der Waals surface area contributed by atoms with Crippen LogP contribution in [0.15, 0.2) is 157 Å². The number of fused-ring (bicyclic) bond motifs is 3. The molecule has 9 aromatic rings. The Bertz CT molecular complexity index is 2910. The van der Waals surface area contributed by atoms with Gasteiger partial charge < -0.3 is 19.7 Å². The molecule has 3 N–H and O–H groups in total. The molecule has 2 radical (unpaired) electrons. The fourth-order valence-corrected chi connectivity index (χ4v) is 8.01. The average molecular weight is 697 g/mol. The molecule has 1 aromatic heterocycles. The fraction of sp³-hybridized carbons (Fsp3) is 0.0204. The maximum absolute atomic E-state index is 12.0. The molecule has 9 rings (SSSR count). The summed E-state index contributed by atoms with van der Waals surface area (Å²) in [7, 11) is 6.84. The van der Waals surface area contributed by atoms with E-state index in [2.05, 4.69) is 68.1 Å². The van der Waals surface area contributed by atoms with E-state index in [1.165, 1.54) is 0 Å². The maximum Gasteiger partial charge on any atom is 0.169 e. The molecule has 8 aromatic carbocycles. The summed E-state index contributed by atoms with van der Waals surface area (Å²) in [6.45, 7) is 6.32. The first-order valence-electron chi connectivity index (χ1n) is 17.8. The zero-order valence-corrected chi connectivity index (χ0v) is 29.5. The molecule has 0 aliphatic rings. The quantitative estimate of drug-likeness (QED) is 0.0700. The number of furan rings is 1. The summed E-state index contributed by atoms with van der Waals surface area (Å²) in [5.41, 5.74) is 8.88. The molecular formula is C49H33BO4. The highest BCUT2D eigenvalue weighted by Crippen LogP contribution is 2.53. The summed E-state index contributed by atoms with van der Waals surface area (Å²) in [5.74, 6) is -0.424. The lowest BCUT2D eigenvalue weighted by molar-refractivity contribution is 0.401. The molecule has 0 atom stereocenters. The molecule has 0 saturated carbocycles. The van der Waals surface area contributed by atoms with Crippen LogP contribution in [0.3, 0.4) is 0 Å². The Labute approximate surface area is 313 Å². The van der Waals surface area contributed by atoms with Crippen molar-refractivity contribution in [3.63, 3.8) is 0 Å². The van der Waals surface area contributed by atoms with Crippen molar-refractivity contribution in [1.29, 1.82) is 0 Å². The second-order valence-electron chi connectivity index (χ2n) is 13.5. The molecular weight excluding hydrogens is 663 g/mol. The van der Waals surface area contributed by atoms with Crippen molar-refractivity contribution in [2.24, 2.45) is 0 Å². The Morgan fingerprint density at radius 2 is 1.11 bits per heavy atom. The largest absolute Gasteiger partial charge is 0.508 e. The van der Waals surface area contributed by atoms with Gasteiger partial charge in [-0.2, -0.15) is 0 Å². The van der Waals surface area contributed by atoms with Crippen LogP contribution >= 0.6 is 0 Å². The Hall–Kier alpha value is -6.98. The van der Waals surface area contributed by atoms with Gasteiger partial charge in [0.05, 0.1) is 5.56 Å². The van der Waals surface area contributed by atoms with Crippen LogP contribution in [0.1, 0.15) is 11.1 Å². The standard InChI is InChI=1S/C49H33BO4/c1-3-32-42-37(23-14-24-39(42)54-49(32)33-20-11-10-15-28(33)2)41-34-21-12-13-22-35(34)43(38-27-31(25-26-36(38)41)29-16-6-4-7-17-29)44-45(50)46(51)40(47(52)48(44)53)30-18-8-5-9-19-30/h3-27,51-53H,1H2,2H3.